The Kier molecular flexibility index (Phi) is 7.58. The van der Waals surface area contributed by atoms with Gasteiger partial charge in [-0.15, -0.1) is 6.58 Å². The molecule has 2 aromatic rings. The van der Waals surface area contributed by atoms with Gasteiger partial charge in [0.15, 0.2) is 0 Å². The van der Waals surface area contributed by atoms with Crippen molar-refractivity contribution in [2.75, 3.05) is 24.4 Å². The second kappa shape index (κ2) is 10.2. The van der Waals surface area contributed by atoms with E-state index in [-0.39, 0.29) is 22.6 Å². The second-order valence-electron chi connectivity index (χ2n) is 8.51. The average molecular weight is 470 g/mol. The molecule has 2 N–H and O–H groups in total. The number of nitrogens with zero attached hydrogens (tertiary/aromatic N) is 1. The predicted molar refractivity (Wildman–Crippen MR) is 130 cm³/mol. The van der Waals surface area contributed by atoms with E-state index < -0.39 is 10.0 Å². The number of piperidine rings is 1. The van der Waals surface area contributed by atoms with E-state index in [2.05, 4.69) is 16.6 Å². The number of rotatable bonds is 7. The van der Waals surface area contributed by atoms with Crippen LogP contribution in [0.4, 0.5) is 5.69 Å². The largest absolute Gasteiger partial charge is 0.352 e. The predicted octanol–water partition coefficient (Wildman–Crippen LogP) is 3.57. The second-order valence-corrected chi connectivity index (χ2v) is 10.1. The normalized spacial score (nSPS) is 14.6. The van der Waals surface area contributed by atoms with Gasteiger partial charge in [0.2, 0.25) is 5.91 Å². The van der Waals surface area contributed by atoms with Gasteiger partial charge in [-0.25, -0.2) is 8.42 Å². The zero-order valence-electron chi connectivity index (χ0n) is 19.3. The van der Waals surface area contributed by atoms with Crippen LogP contribution in [-0.4, -0.2) is 44.8 Å². The van der Waals surface area contributed by atoms with Gasteiger partial charge in [-0.3, -0.25) is 14.3 Å². The fourth-order valence-corrected chi connectivity index (χ4v) is 5.86. The van der Waals surface area contributed by atoms with Crippen LogP contribution in [0.2, 0.25) is 0 Å². The SMILES string of the molecule is C=CCNC(=O)C1CCN(C(=O)c2cccc(NS(=O)(=O)c3c(C)cc(C)cc3C)c2)CC1. The molecule has 2 amide bonds. The Hall–Kier alpha value is -3.13. The Labute approximate surface area is 195 Å². The number of hydrogen-bond acceptors (Lipinski definition) is 4. The molecule has 1 aliphatic heterocycles. The summed E-state index contributed by atoms with van der Waals surface area (Å²) >= 11 is 0. The van der Waals surface area contributed by atoms with E-state index in [1.165, 1.54) is 0 Å². The van der Waals surface area contributed by atoms with E-state index in [4.69, 9.17) is 0 Å². The average Bonchev–Trinajstić information content (AvgIpc) is 2.76. The highest BCUT2D eigenvalue weighted by Crippen LogP contribution is 2.25. The minimum atomic E-state index is -3.81. The van der Waals surface area contributed by atoms with Gasteiger partial charge in [-0.2, -0.15) is 0 Å². The highest BCUT2D eigenvalue weighted by molar-refractivity contribution is 7.92. The van der Waals surface area contributed by atoms with Gasteiger partial charge in [0.05, 0.1) is 4.90 Å². The molecule has 1 aliphatic rings. The first kappa shape index (κ1) is 24.5. The minimum Gasteiger partial charge on any atom is -0.352 e. The van der Waals surface area contributed by atoms with Crippen LogP contribution >= 0.6 is 0 Å². The molecule has 1 saturated heterocycles. The number of carbonyl (C=O) groups excluding carboxylic acids is 2. The number of sulfonamides is 1. The maximum Gasteiger partial charge on any atom is 0.262 e. The van der Waals surface area contributed by atoms with Gasteiger partial charge in [-0.05, 0) is 62.9 Å². The van der Waals surface area contributed by atoms with Crippen LogP contribution in [0.25, 0.3) is 0 Å². The van der Waals surface area contributed by atoms with Crippen LogP contribution in [0.15, 0.2) is 53.9 Å². The Bertz CT molecular complexity index is 1140. The highest BCUT2D eigenvalue weighted by atomic mass is 32.2. The minimum absolute atomic E-state index is 0.0138. The number of benzene rings is 2. The summed E-state index contributed by atoms with van der Waals surface area (Å²) in [4.78, 5) is 27.1. The van der Waals surface area contributed by atoms with E-state index >= 15 is 0 Å². The van der Waals surface area contributed by atoms with Crippen LogP contribution in [0.5, 0.6) is 0 Å². The van der Waals surface area contributed by atoms with Gasteiger partial charge >= 0.3 is 0 Å². The van der Waals surface area contributed by atoms with Crippen molar-refractivity contribution in [2.45, 2.75) is 38.5 Å². The number of anilines is 1. The molecular weight excluding hydrogens is 438 g/mol. The number of aryl methyl sites for hydroxylation is 3. The maximum atomic E-state index is 13.1. The van der Waals surface area contributed by atoms with Crippen molar-refractivity contribution in [1.82, 2.24) is 10.2 Å². The quantitative estimate of drug-likeness (QED) is 0.606. The van der Waals surface area contributed by atoms with Crippen LogP contribution in [0.1, 0.15) is 39.9 Å². The number of amides is 2. The smallest absolute Gasteiger partial charge is 0.262 e. The first-order valence-electron chi connectivity index (χ1n) is 11.0. The van der Waals surface area contributed by atoms with Gasteiger partial charge in [0.1, 0.15) is 0 Å². The summed E-state index contributed by atoms with van der Waals surface area (Å²) in [5.74, 6) is -0.308. The topological polar surface area (TPSA) is 95.6 Å². The molecule has 33 heavy (non-hydrogen) atoms. The fourth-order valence-electron chi connectivity index (χ4n) is 4.36. The fraction of sp³-hybridized carbons (Fsp3) is 0.360. The summed E-state index contributed by atoms with van der Waals surface area (Å²) in [5, 5.41) is 2.81. The summed E-state index contributed by atoms with van der Waals surface area (Å²) in [6.07, 6.45) is 2.82. The van der Waals surface area contributed by atoms with Crippen molar-refractivity contribution in [3.8, 4) is 0 Å². The third kappa shape index (κ3) is 5.82. The van der Waals surface area contributed by atoms with Crippen molar-refractivity contribution in [1.29, 1.82) is 0 Å². The summed E-state index contributed by atoms with van der Waals surface area (Å²) in [6.45, 7) is 10.5. The Morgan fingerprint density at radius 3 is 2.33 bits per heavy atom. The summed E-state index contributed by atoms with van der Waals surface area (Å²) in [6, 6.07) is 10.2. The van der Waals surface area contributed by atoms with Crippen molar-refractivity contribution >= 4 is 27.5 Å². The molecule has 1 heterocycles. The van der Waals surface area contributed by atoms with E-state index in [1.54, 1.807) is 49.1 Å². The van der Waals surface area contributed by atoms with Crippen LogP contribution < -0.4 is 10.0 Å². The number of hydrogen-bond donors (Lipinski definition) is 2. The maximum absolute atomic E-state index is 13.1. The first-order chi connectivity index (χ1) is 15.6. The van der Waals surface area contributed by atoms with E-state index in [0.717, 1.165) is 5.56 Å². The van der Waals surface area contributed by atoms with Gasteiger partial charge in [-0.1, -0.05) is 29.8 Å². The lowest BCUT2D eigenvalue weighted by Crippen LogP contribution is -2.43. The van der Waals surface area contributed by atoms with Crippen molar-refractivity contribution in [3.05, 3.63) is 71.3 Å². The zero-order chi connectivity index (χ0) is 24.2. The highest BCUT2D eigenvalue weighted by Gasteiger charge is 2.28. The van der Waals surface area contributed by atoms with E-state index in [0.29, 0.717) is 54.9 Å². The third-order valence-corrected chi connectivity index (χ3v) is 7.49. The molecule has 1 fully saturated rings. The zero-order valence-corrected chi connectivity index (χ0v) is 20.2. The van der Waals surface area contributed by atoms with Gasteiger partial charge in [0, 0.05) is 36.8 Å². The number of carbonyl (C=O) groups is 2. The Morgan fingerprint density at radius 1 is 1.09 bits per heavy atom. The standard InChI is InChI=1S/C25H31N3O4S/c1-5-11-26-24(29)20-9-12-28(13-10-20)25(30)21-7-6-8-22(16-21)27-33(31,32)23-18(3)14-17(2)15-19(23)4/h5-8,14-16,20,27H,1,9-13H2,2-4H3,(H,26,29). The molecule has 7 nitrogen and oxygen atoms in total. The molecular formula is C25H31N3O4S. The lowest BCUT2D eigenvalue weighted by atomic mass is 9.95. The Balaban J connectivity index is 1.71. The van der Waals surface area contributed by atoms with Crippen LogP contribution in [0.3, 0.4) is 0 Å². The van der Waals surface area contributed by atoms with Crippen LogP contribution in [0, 0.1) is 26.7 Å². The molecule has 0 aromatic heterocycles. The summed E-state index contributed by atoms with van der Waals surface area (Å²) in [5.41, 5.74) is 3.08. The molecule has 8 heteroatoms. The molecule has 0 aliphatic carbocycles. The van der Waals surface area contributed by atoms with E-state index in [1.807, 2.05) is 19.1 Å². The Morgan fingerprint density at radius 2 is 1.73 bits per heavy atom. The molecule has 2 aromatic carbocycles. The van der Waals surface area contributed by atoms with Crippen molar-refractivity contribution in [3.63, 3.8) is 0 Å². The van der Waals surface area contributed by atoms with Gasteiger partial charge in [0.25, 0.3) is 15.9 Å². The van der Waals surface area contributed by atoms with Crippen molar-refractivity contribution < 1.29 is 18.0 Å². The van der Waals surface area contributed by atoms with E-state index in [9.17, 15) is 18.0 Å². The third-order valence-electron chi connectivity index (χ3n) is 5.81. The first-order valence-corrected chi connectivity index (χ1v) is 12.5. The van der Waals surface area contributed by atoms with Crippen molar-refractivity contribution in [2.24, 2.45) is 5.92 Å². The monoisotopic (exact) mass is 469 g/mol. The molecule has 0 atom stereocenters. The number of likely N-dealkylation sites (tertiary alicyclic amines) is 1. The molecule has 0 saturated carbocycles. The molecule has 0 radical (unpaired) electrons. The molecule has 176 valence electrons. The molecule has 0 bridgehead atoms. The number of nitrogens with one attached hydrogen (secondary N) is 2. The summed E-state index contributed by atoms with van der Waals surface area (Å²) < 4.78 is 28.7. The van der Waals surface area contributed by atoms with Crippen LogP contribution in [-0.2, 0) is 14.8 Å². The lowest BCUT2D eigenvalue weighted by molar-refractivity contribution is -0.126. The molecule has 0 spiro atoms. The lowest BCUT2D eigenvalue weighted by Gasteiger charge is -2.31. The molecule has 0 unspecified atom stereocenters. The summed E-state index contributed by atoms with van der Waals surface area (Å²) in [7, 11) is -3.81. The van der Waals surface area contributed by atoms with Gasteiger partial charge < -0.3 is 10.2 Å². The molecule has 3 rings (SSSR count).